The van der Waals surface area contributed by atoms with Crippen LogP contribution in [-0.4, -0.2) is 40.9 Å². The molecule has 0 aromatic carbocycles. The smallest absolute Gasteiger partial charge is 0.339 e. The largest absolute Gasteiger partial charge is 0.465 e. The standard InChI is InChI=1S/C10H11ClN4O4/c1-19-10(18)5-2-6(9(11)13-3-5)8(17)7(16)4-14-15-12/h2-3,7-8,16-17H,4H2,1H3. The molecular formula is C10H11ClN4O4. The zero-order valence-electron chi connectivity index (χ0n) is 9.89. The van der Waals surface area contributed by atoms with Crippen LogP contribution in [0.2, 0.25) is 5.15 Å². The van der Waals surface area contributed by atoms with Crippen LogP contribution in [0.4, 0.5) is 0 Å². The van der Waals surface area contributed by atoms with Gasteiger partial charge in [-0.25, -0.2) is 9.78 Å². The fourth-order valence-electron chi connectivity index (χ4n) is 1.33. The van der Waals surface area contributed by atoms with Gasteiger partial charge < -0.3 is 14.9 Å². The van der Waals surface area contributed by atoms with Gasteiger partial charge in [-0.2, -0.15) is 0 Å². The van der Waals surface area contributed by atoms with Crippen LogP contribution in [0, 0.1) is 0 Å². The number of methoxy groups -OCH3 is 1. The first-order valence-electron chi connectivity index (χ1n) is 5.12. The molecule has 0 aliphatic heterocycles. The van der Waals surface area contributed by atoms with Gasteiger partial charge in [-0.15, -0.1) is 0 Å². The van der Waals surface area contributed by atoms with Crippen molar-refractivity contribution in [2.45, 2.75) is 12.2 Å². The maximum atomic E-state index is 11.3. The molecule has 8 nitrogen and oxygen atoms in total. The highest BCUT2D eigenvalue weighted by Gasteiger charge is 2.22. The van der Waals surface area contributed by atoms with Crippen molar-refractivity contribution in [3.8, 4) is 0 Å². The molecule has 0 aliphatic carbocycles. The third-order valence-electron chi connectivity index (χ3n) is 2.30. The van der Waals surface area contributed by atoms with Gasteiger partial charge in [0.25, 0.3) is 0 Å². The molecule has 1 aromatic heterocycles. The van der Waals surface area contributed by atoms with Crippen LogP contribution in [0.25, 0.3) is 10.4 Å². The lowest BCUT2D eigenvalue weighted by atomic mass is 10.0. The Hall–Kier alpha value is -1.86. The molecule has 0 spiro atoms. The number of halogens is 1. The predicted octanol–water partition coefficient (Wildman–Crippen LogP) is 1.23. The van der Waals surface area contributed by atoms with E-state index in [2.05, 4.69) is 19.7 Å². The summed E-state index contributed by atoms with van der Waals surface area (Å²) in [4.78, 5) is 17.5. The normalized spacial score (nSPS) is 13.3. The third kappa shape index (κ3) is 3.80. The van der Waals surface area contributed by atoms with Crippen LogP contribution in [0.15, 0.2) is 17.4 Å². The quantitative estimate of drug-likeness (QED) is 0.276. The van der Waals surface area contributed by atoms with E-state index in [0.29, 0.717) is 0 Å². The summed E-state index contributed by atoms with van der Waals surface area (Å²) in [6.07, 6.45) is -1.61. The first-order chi connectivity index (χ1) is 9.01. The molecule has 9 heteroatoms. The minimum Gasteiger partial charge on any atom is -0.465 e. The predicted molar refractivity (Wildman–Crippen MR) is 65.6 cm³/mol. The van der Waals surface area contributed by atoms with E-state index in [0.717, 1.165) is 0 Å². The topological polar surface area (TPSA) is 128 Å². The van der Waals surface area contributed by atoms with Gasteiger partial charge >= 0.3 is 5.97 Å². The molecule has 19 heavy (non-hydrogen) atoms. The fraction of sp³-hybridized carbons (Fsp3) is 0.400. The summed E-state index contributed by atoms with van der Waals surface area (Å²) in [7, 11) is 1.20. The van der Waals surface area contributed by atoms with Crippen molar-refractivity contribution in [3.05, 3.63) is 39.0 Å². The molecule has 1 aromatic rings. The second-order valence-corrected chi connectivity index (χ2v) is 3.88. The number of carbonyl (C=O) groups is 1. The number of hydrogen-bond acceptors (Lipinski definition) is 6. The molecule has 0 bridgehead atoms. The second kappa shape index (κ2) is 6.91. The van der Waals surface area contributed by atoms with Crippen molar-refractivity contribution in [1.29, 1.82) is 0 Å². The summed E-state index contributed by atoms with van der Waals surface area (Å²) < 4.78 is 4.50. The van der Waals surface area contributed by atoms with Gasteiger partial charge in [-0.1, -0.05) is 16.7 Å². The second-order valence-electron chi connectivity index (χ2n) is 3.52. The molecular weight excluding hydrogens is 276 g/mol. The van der Waals surface area contributed by atoms with Crippen molar-refractivity contribution in [2.24, 2.45) is 5.11 Å². The molecule has 2 atom stereocenters. The number of carbonyl (C=O) groups excluding carboxylic acids is 1. The SMILES string of the molecule is COC(=O)c1cnc(Cl)c(C(O)C(O)CN=[N+]=[N-])c1. The van der Waals surface area contributed by atoms with Crippen LogP contribution < -0.4 is 0 Å². The average molecular weight is 287 g/mol. The van der Waals surface area contributed by atoms with Gasteiger partial charge in [0, 0.05) is 16.7 Å². The molecule has 1 heterocycles. The van der Waals surface area contributed by atoms with Crippen molar-refractivity contribution in [2.75, 3.05) is 13.7 Å². The molecule has 0 fully saturated rings. The number of aliphatic hydroxyl groups is 2. The Bertz CT molecular complexity index is 518. The van der Waals surface area contributed by atoms with Crippen LogP contribution >= 0.6 is 11.6 Å². The van der Waals surface area contributed by atoms with E-state index < -0.39 is 18.2 Å². The highest BCUT2D eigenvalue weighted by molar-refractivity contribution is 6.30. The van der Waals surface area contributed by atoms with Gasteiger partial charge in [0.15, 0.2) is 0 Å². The zero-order chi connectivity index (χ0) is 14.4. The zero-order valence-corrected chi connectivity index (χ0v) is 10.7. The molecule has 2 unspecified atom stereocenters. The van der Waals surface area contributed by atoms with E-state index in [1.54, 1.807) is 0 Å². The third-order valence-corrected chi connectivity index (χ3v) is 2.62. The Labute approximate surface area is 113 Å². The summed E-state index contributed by atoms with van der Waals surface area (Å²) in [6, 6.07) is 1.26. The van der Waals surface area contributed by atoms with E-state index in [1.165, 1.54) is 19.4 Å². The molecule has 0 saturated carbocycles. The lowest BCUT2D eigenvalue weighted by Crippen LogP contribution is -2.22. The first-order valence-corrected chi connectivity index (χ1v) is 5.49. The summed E-state index contributed by atoms with van der Waals surface area (Å²) in [6.45, 7) is -0.337. The van der Waals surface area contributed by atoms with E-state index in [1.807, 2.05) is 0 Å². The van der Waals surface area contributed by atoms with Crippen molar-refractivity contribution < 1.29 is 19.7 Å². The molecule has 102 valence electrons. The number of rotatable bonds is 5. The Balaban J connectivity index is 3.04. The minimum atomic E-state index is -1.44. The monoisotopic (exact) mass is 286 g/mol. The number of aliphatic hydroxyl groups excluding tert-OH is 2. The number of nitrogens with zero attached hydrogens (tertiary/aromatic N) is 4. The summed E-state index contributed by atoms with van der Waals surface area (Å²) in [5.41, 5.74) is 8.26. The van der Waals surface area contributed by atoms with Crippen molar-refractivity contribution in [1.82, 2.24) is 4.98 Å². The molecule has 0 saturated heterocycles. The number of pyridine rings is 1. The number of aromatic nitrogens is 1. The molecule has 0 amide bonds. The van der Waals surface area contributed by atoms with Crippen LogP contribution in [0.5, 0.6) is 0 Å². The van der Waals surface area contributed by atoms with E-state index in [9.17, 15) is 15.0 Å². The Kier molecular flexibility index (Phi) is 5.53. The molecule has 2 N–H and O–H groups in total. The average Bonchev–Trinajstić information content (AvgIpc) is 2.43. The van der Waals surface area contributed by atoms with Gasteiger partial charge in [-0.05, 0) is 11.6 Å². The summed E-state index contributed by atoms with van der Waals surface area (Å²) in [5.74, 6) is -0.651. The van der Waals surface area contributed by atoms with E-state index >= 15 is 0 Å². The molecule has 1 rings (SSSR count). The highest BCUT2D eigenvalue weighted by Crippen LogP contribution is 2.25. The van der Waals surface area contributed by atoms with Crippen LogP contribution in [-0.2, 0) is 4.74 Å². The summed E-state index contributed by atoms with van der Waals surface area (Å²) >= 11 is 5.78. The Morgan fingerprint density at radius 3 is 2.95 bits per heavy atom. The van der Waals surface area contributed by atoms with E-state index in [-0.39, 0.29) is 22.8 Å². The van der Waals surface area contributed by atoms with Crippen molar-refractivity contribution >= 4 is 17.6 Å². The molecule has 0 radical (unpaired) electrons. The van der Waals surface area contributed by atoms with Crippen molar-refractivity contribution in [3.63, 3.8) is 0 Å². The Morgan fingerprint density at radius 2 is 2.37 bits per heavy atom. The summed E-state index contributed by atoms with van der Waals surface area (Å²) in [5, 5.41) is 22.5. The van der Waals surface area contributed by atoms with Crippen LogP contribution in [0.1, 0.15) is 22.0 Å². The highest BCUT2D eigenvalue weighted by atomic mass is 35.5. The minimum absolute atomic E-state index is 0.0465. The maximum absolute atomic E-state index is 11.3. The molecule has 0 aliphatic rings. The lowest BCUT2D eigenvalue weighted by molar-refractivity contribution is 0.0241. The van der Waals surface area contributed by atoms with Gasteiger partial charge in [0.05, 0.1) is 25.3 Å². The number of azide groups is 1. The van der Waals surface area contributed by atoms with Gasteiger partial charge in [-0.3, -0.25) is 0 Å². The lowest BCUT2D eigenvalue weighted by Gasteiger charge is -2.17. The Morgan fingerprint density at radius 1 is 1.68 bits per heavy atom. The van der Waals surface area contributed by atoms with E-state index in [4.69, 9.17) is 17.1 Å². The van der Waals surface area contributed by atoms with Gasteiger partial charge in [0.1, 0.15) is 11.3 Å². The first kappa shape index (κ1) is 15.2. The number of hydrogen-bond donors (Lipinski definition) is 2. The maximum Gasteiger partial charge on any atom is 0.339 e. The van der Waals surface area contributed by atoms with Gasteiger partial charge in [0.2, 0.25) is 0 Å². The fourth-order valence-corrected chi connectivity index (χ4v) is 1.54. The number of esters is 1. The number of ether oxygens (including phenoxy) is 1. The van der Waals surface area contributed by atoms with Crippen LogP contribution in [0.3, 0.4) is 0 Å².